The Labute approximate surface area is 200 Å². The third-order valence-corrected chi connectivity index (χ3v) is 5.73. The van der Waals surface area contributed by atoms with Gasteiger partial charge >= 0.3 is 5.69 Å². The van der Waals surface area contributed by atoms with Gasteiger partial charge in [0.05, 0.1) is 11.2 Å². The lowest BCUT2D eigenvalue weighted by atomic mass is 9.99. The third-order valence-electron chi connectivity index (χ3n) is 5.73. The number of hydrogen-bond donors (Lipinski definition) is 0. The van der Waals surface area contributed by atoms with E-state index in [1.165, 1.54) is 16.7 Å². The van der Waals surface area contributed by atoms with Crippen molar-refractivity contribution >= 4 is 23.2 Å². The summed E-state index contributed by atoms with van der Waals surface area (Å²) in [5.74, 6) is 3.55. The number of nitrogens with zero attached hydrogens (tertiary/aromatic N) is 2. The molecule has 0 spiro atoms. The number of terminal acetylenes is 1. The first-order chi connectivity index (χ1) is 16.4. The molecule has 0 radical (unpaired) electrons. The van der Waals surface area contributed by atoms with E-state index in [-0.39, 0.29) is 12.3 Å². The maximum Gasteiger partial charge on any atom is 0.352 e. The minimum atomic E-state index is -0.339. The highest BCUT2D eigenvalue weighted by atomic mass is 16.5. The minimum absolute atomic E-state index is 0.170. The van der Waals surface area contributed by atoms with Crippen LogP contribution in [0.15, 0.2) is 65.5 Å². The van der Waals surface area contributed by atoms with Crippen LogP contribution < -0.4 is 10.4 Å². The van der Waals surface area contributed by atoms with Crippen LogP contribution in [0.3, 0.4) is 0 Å². The molecular formula is C30H28N2O2. The van der Waals surface area contributed by atoms with Crippen molar-refractivity contribution in [2.45, 2.75) is 33.6 Å². The van der Waals surface area contributed by atoms with E-state index in [2.05, 4.69) is 68.9 Å². The summed E-state index contributed by atoms with van der Waals surface area (Å²) in [7, 11) is 0. The van der Waals surface area contributed by atoms with Gasteiger partial charge in [-0.2, -0.15) is 4.98 Å². The summed E-state index contributed by atoms with van der Waals surface area (Å²) in [6.07, 6.45) is 9.08. The Kier molecular flexibility index (Phi) is 6.65. The van der Waals surface area contributed by atoms with Gasteiger partial charge in [0.1, 0.15) is 12.4 Å². The number of aryl methyl sites for hydroxylation is 2. The van der Waals surface area contributed by atoms with E-state index in [4.69, 9.17) is 11.2 Å². The number of hydrogen-bond acceptors (Lipinski definition) is 3. The van der Waals surface area contributed by atoms with Gasteiger partial charge in [0.15, 0.2) is 0 Å². The second-order valence-electron chi connectivity index (χ2n) is 8.80. The zero-order valence-corrected chi connectivity index (χ0v) is 20.0. The molecule has 0 aliphatic rings. The molecule has 0 aliphatic heterocycles. The summed E-state index contributed by atoms with van der Waals surface area (Å²) in [4.78, 5) is 17.6. The lowest BCUT2D eigenvalue weighted by Crippen LogP contribution is -2.20. The second-order valence-corrected chi connectivity index (χ2v) is 8.80. The Morgan fingerprint density at radius 1 is 1.03 bits per heavy atom. The first kappa shape index (κ1) is 23.1. The zero-order valence-electron chi connectivity index (χ0n) is 20.0. The minimum Gasteiger partial charge on any atom is -0.481 e. The fraction of sp³-hybridized carbons (Fsp3) is 0.200. The highest BCUT2D eigenvalue weighted by molar-refractivity contribution is 5.94. The molecule has 4 aromatic rings. The summed E-state index contributed by atoms with van der Waals surface area (Å²) in [6, 6.07) is 20.1. The van der Waals surface area contributed by atoms with Crippen LogP contribution in [-0.4, -0.2) is 16.2 Å². The molecular weight excluding hydrogens is 420 g/mol. The van der Waals surface area contributed by atoms with Crippen molar-refractivity contribution in [3.63, 3.8) is 0 Å². The average Bonchev–Trinajstić information content (AvgIpc) is 2.81. The molecule has 0 saturated heterocycles. The fourth-order valence-corrected chi connectivity index (χ4v) is 4.10. The zero-order chi connectivity index (χ0) is 24.2. The summed E-state index contributed by atoms with van der Waals surface area (Å²) in [5.41, 5.74) is 6.51. The SMILES string of the molecule is C#CCOc1ccc2c(c1)c(-c1ccc(C(C)C)cc1)nc(=O)n2/C=C/c1cc(C)cc(C)c1. The molecule has 170 valence electrons. The van der Waals surface area contributed by atoms with Crippen LogP contribution >= 0.6 is 0 Å². The molecule has 4 rings (SSSR count). The number of rotatable bonds is 6. The smallest absolute Gasteiger partial charge is 0.352 e. The lowest BCUT2D eigenvalue weighted by molar-refractivity contribution is 0.371. The van der Waals surface area contributed by atoms with Gasteiger partial charge in [-0.15, -0.1) is 6.42 Å². The largest absolute Gasteiger partial charge is 0.481 e. The second kappa shape index (κ2) is 9.80. The maximum atomic E-state index is 13.2. The van der Waals surface area contributed by atoms with E-state index in [1.54, 1.807) is 10.8 Å². The van der Waals surface area contributed by atoms with Gasteiger partial charge in [0.25, 0.3) is 0 Å². The van der Waals surface area contributed by atoms with Crippen LogP contribution in [0, 0.1) is 26.2 Å². The maximum absolute atomic E-state index is 13.2. The van der Waals surface area contributed by atoms with Crippen LogP contribution in [0.5, 0.6) is 5.75 Å². The van der Waals surface area contributed by atoms with Gasteiger partial charge in [0.2, 0.25) is 0 Å². The van der Waals surface area contributed by atoms with Crippen LogP contribution in [0.25, 0.3) is 34.4 Å². The normalized spacial score (nSPS) is 11.3. The van der Waals surface area contributed by atoms with Crippen molar-refractivity contribution in [3.05, 3.63) is 93.4 Å². The van der Waals surface area contributed by atoms with Crippen molar-refractivity contribution in [2.75, 3.05) is 6.61 Å². The molecule has 1 heterocycles. The van der Waals surface area contributed by atoms with Crippen LogP contribution in [0.2, 0.25) is 0 Å². The van der Waals surface area contributed by atoms with Gasteiger partial charge in [0, 0.05) is 17.1 Å². The summed E-state index contributed by atoms with van der Waals surface area (Å²) >= 11 is 0. The van der Waals surface area contributed by atoms with Gasteiger partial charge in [-0.25, -0.2) is 4.79 Å². The number of ether oxygens (including phenoxy) is 1. The molecule has 0 aliphatic carbocycles. The van der Waals surface area contributed by atoms with E-state index in [1.807, 2.05) is 36.4 Å². The summed E-state index contributed by atoms with van der Waals surface area (Å²) < 4.78 is 7.23. The van der Waals surface area contributed by atoms with Crippen molar-refractivity contribution in [3.8, 4) is 29.4 Å². The van der Waals surface area contributed by atoms with E-state index in [0.717, 1.165) is 22.0 Å². The van der Waals surface area contributed by atoms with E-state index in [0.29, 0.717) is 17.4 Å². The van der Waals surface area contributed by atoms with E-state index >= 15 is 0 Å². The van der Waals surface area contributed by atoms with Crippen molar-refractivity contribution in [1.82, 2.24) is 9.55 Å². The molecule has 4 nitrogen and oxygen atoms in total. The Bertz CT molecular complexity index is 1450. The highest BCUT2D eigenvalue weighted by Crippen LogP contribution is 2.30. The van der Waals surface area contributed by atoms with Gasteiger partial charge in [-0.3, -0.25) is 4.57 Å². The van der Waals surface area contributed by atoms with Crippen LogP contribution in [0.1, 0.15) is 42.0 Å². The predicted molar refractivity (Wildman–Crippen MR) is 141 cm³/mol. The van der Waals surface area contributed by atoms with E-state index < -0.39 is 0 Å². The molecule has 0 N–H and O–H groups in total. The Balaban J connectivity index is 1.88. The van der Waals surface area contributed by atoms with Crippen molar-refractivity contribution in [1.29, 1.82) is 0 Å². The molecule has 0 unspecified atom stereocenters. The fourth-order valence-electron chi connectivity index (χ4n) is 4.10. The molecule has 3 aromatic carbocycles. The van der Waals surface area contributed by atoms with Crippen molar-refractivity contribution < 1.29 is 4.74 Å². The van der Waals surface area contributed by atoms with Crippen molar-refractivity contribution in [2.24, 2.45) is 0 Å². The Morgan fingerprint density at radius 2 is 1.74 bits per heavy atom. The first-order valence-electron chi connectivity index (χ1n) is 11.3. The molecule has 0 saturated carbocycles. The summed E-state index contributed by atoms with van der Waals surface area (Å²) in [6.45, 7) is 8.60. The number of aromatic nitrogens is 2. The molecule has 34 heavy (non-hydrogen) atoms. The quantitative estimate of drug-likeness (QED) is 0.319. The summed E-state index contributed by atoms with van der Waals surface area (Å²) in [5, 5.41) is 0.816. The van der Waals surface area contributed by atoms with E-state index in [9.17, 15) is 4.79 Å². The molecule has 0 amide bonds. The Morgan fingerprint density at radius 3 is 2.38 bits per heavy atom. The lowest BCUT2D eigenvalue weighted by Gasteiger charge is -2.13. The molecule has 0 bridgehead atoms. The standard InChI is InChI=1S/C30H28N2O2/c1-6-15-34-26-11-12-28-27(19-26)29(25-9-7-24(8-10-25)20(2)3)31-30(33)32(28)14-13-23-17-21(4)16-22(5)18-23/h1,7-14,16-20H,15H2,2-5H3/b14-13+. The predicted octanol–water partition coefficient (Wildman–Crippen LogP) is 6.44. The molecule has 4 heteroatoms. The topological polar surface area (TPSA) is 44.1 Å². The number of fused-ring (bicyclic) bond motifs is 1. The van der Waals surface area contributed by atoms with Gasteiger partial charge < -0.3 is 4.74 Å². The van der Waals surface area contributed by atoms with Gasteiger partial charge in [-0.1, -0.05) is 73.4 Å². The first-order valence-corrected chi connectivity index (χ1v) is 11.3. The molecule has 0 atom stereocenters. The molecule has 0 fully saturated rings. The average molecular weight is 449 g/mol. The highest BCUT2D eigenvalue weighted by Gasteiger charge is 2.13. The van der Waals surface area contributed by atoms with Crippen LogP contribution in [-0.2, 0) is 0 Å². The third kappa shape index (κ3) is 4.94. The van der Waals surface area contributed by atoms with Gasteiger partial charge in [-0.05, 0) is 55.2 Å². The monoisotopic (exact) mass is 448 g/mol. The Hall–Kier alpha value is -4.10. The molecule has 1 aromatic heterocycles. The number of benzene rings is 3. The van der Waals surface area contributed by atoms with Crippen LogP contribution in [0.4, 0.5) is 0 Å².